The molecule has 0 aliphatic heterocycles. The van der Waals surface area contributed by atoms with Crippen LogP contribution < -0.4 is 0 Å². The molecule has 0 saturated heterocycles. The normalized spacial score (nSPS) is 13.0. The van der Waals surface area contributed by atoms with Gasteiger partial charge in [0.05, 0.1) is 0 Å². The molecule has 2 heteroatoms. The number of hydrogen-bond donors (Lipinski definition) is 0. The molecule has 0 aliphatic carbocycles. The van der Waals surface area contributed by atoms with Gasteiger partial charge in [0.25, 0.3) is 0 Å². The summed E-state index contributed by atoms with van der Waals surface area (Å²) < 4.78 is 5.41. The van der Waals surface area contributed by atoms with Crippen LogP contribution in [0.25, 0.3) is 0 Å². The molecule has 0 fully saturated rings. The Bertz CT molecular complexity index is 452. The Labute approximate surface area is 208 Å². The lowest BCUT2D eigenvalue weighted by Gasteiger charge is -2.11. The topological polar surface area (TPSA) is 26.3 Å². The highest BCUT2D eigenvalue weighted by Crippen LogP contribution is 2.18. The van der Waals surface area contributed by atoms with E-state index in [1.54, 1.807) is 0 Å². The molecule has 0 aromatic carbocycles. The molecule has 1 unspecified atom stereocenters. The number of esters is 1. The van der Waals surface area contributed by atoms with Gasteiger partial charge in [-0.1, -0.05) is 136 Å². The van der Waals surface area contributed by atoms with Crippen molar-refractivity contribution in [2.75, 3.05) is 6.61 Å². The van der Waals surface area contributed by atoms with Crippen LogP contribution in [0, 0.1) is 11.8 Å². The van der Waals surface area contributed by atoms with Gasteiger partial charge in [0.15, 0.2) is 0 Å². The fourth-order valence-electron chi connectivity index (χ4n) is 4.49. The maximum absolute atomic E-state index is 11.9. The summed E-state index contributed by atoms with van der Waals surface area (Å²) in [5.74, 6) is 1.49. The third kappa shape index (κ3) is 25.7. The van der Waals surface area contributed by atoms with Crippen molar-refractivity contribution in [1.29, 1.82) is 0 Å². The Hall–Kier alpha value is -0.790. The second-order valence-electron chi connectivity index (χ2n) is 11.0. The van der Waals surface area contributed by atoms with Gasteiger partial charge in [-0.25, -0.2) is 0 Å². The summed E-state index contributed by atoms with van der Waals surface area (Å²) in [5.41, 5.74) is 1.37. The number of unbranched alkanes of at least 4 members (excludes halogenated alkanes) is 12. The molecule has 1 atom stereocenters. The maximum Gasteiger partial charge on any atom is 0.306 e. The first-order valence-corrected chi connectivity index (χ1v) is 14.8. The number of rotatable bonds is 24. The van der Waals surface area contributed by atoms with Crippen LogP contribution >= 0.6 is 0 Å². The van der Waals surface area contributed by atoms with E-state index >= 15 is 0 Å². The lowest BCUT2D eigenvalue weighted by atomic mass is 9.95. The van der Waals surface area contributed by atoms with Crippen molar-refractivity contribution in [3.05, 3.63) is 11.6 Å². The number of allylic oxidation sites excluding steroid dienone is 1. The van der Waals surface area contributed by atoms with Crippen LogP contribution in [0.2, 0.25) is 0 Å². The van der Waals surface area contributed by atoms with Gasteiger partial charge in [-0.2, -0.15) is 0 Å². The predicted octanol–water partition coefficient (Wildman–Crippen LogP) is 10.6. The van der Waals surface area contributed by atoms with E-state index in [4.69, 9.17) is 4.74 Å². The van der Waals surface area contributed by atoms with Gasteiger partial charge < -0.3 is 4.74 Å². The number of carbonyl (C=O) groups excluding carboxylic acids is 1. The fourth-order valence-corrected chi connectivity index (χ4v) is 4.49. The molecular formula is C31H60O2. The zero-order valence-corrected chi connectivity index (χ0v) is 23.4. The summed E-state index contributed by atoms with van der Waals surface area (Å²) in [7, 11) is 0. The molecule has 0 aromatic rings. The Morgan fingerprint density at radius 1 is 0.667 bits per heavy atom. The van der Waals surface area contributed by atoms with Gasteiger partial charge in [0.2, 0.25) is 0 Å². The minimum Gasteiger partial charge on any atom is -0.461 e. The van der Waals surface area contributed by atoms with Crippen LogP contribution in [-0.4, -0.2) is 12.6 Å². The first-order valence-electron chi connectivity index (χ1n) is 14.8. The maximum atomic E-state index is 11.9. The average Bonchev–Trinajstić information content (AvgIpc) is 2.76. The number of carbonyl (C=O) groups is 1. The Morgan fingerprint density at radius 3 is 1.73 bits per heavy atom. The van der Waals surface area contributed by atoms with E-state index < -0.39 is 0 Å². The molecule has 0 aromatic heterocycles. The highest BCUT2D eigenvalue weighted by Gasteiger charge is 2.07. The highest BCUT2D eigenvalue weighted by atomic mass is 16.5. The van der Waals surface area contributed by atoms with Crippen LogP contribution in [0.5, 0.6) is 0 Å². The molecule has 0 amide bonds. The van der Waals surface area contributed by atoms with Crippen LogP contribution in [-0.2, 0) is 9.53 Å². The van der Waals surface area contributed by atoms with Crippen molar-refractivity contribution < 1.29 is 9.53 Å². The van der Waals surface area contributed by atoms with Crippen molar-refractivity contribution in [2.24, 2.45) is 11.8 Å². The molecule has 0 heterocycles. The van der Waals surface area contributed by atoms with Crippen molar-refractivity contribution >= 4 is 5.97 Å². The van der Waals surface area contributed by atoms with Crippen molar-refractivity contribution in [2.45, 2.75) is 163 Å². The van der Waals surface area contributed by atoms with E-state index in [-0.39, 0.29) is 5.97 Å². The SMILES string of the molecule is CCCCCCCCCCCCCCCC(C)=CCOC(=O)CCCC(C)CCCC(C)C. The van der Waals surface area contributed by atoms with E-state index in [1.165, 1.54) is 108 Å². The van der Waals surface area contributed by atoms with Gasteiger partial charge in [0.1, 0.15) is 6.61 Å². The number of ether oxygens (including phenoxy) is 1. The van der Waals surface area contributed by atoms with E-state index in [0.717, 1.165) is 31.1 Å². The van der Waals surface area contributed by atoms with Crippen molar-refractivity contribution in [1.82, 2.24) is 0 Å². The zero-order valence-electron chi connectivity index (χ0n) is 23.4. The first kappa shape index (κ1) is 32.2. The van der Waals surface area contributed by atoms with Crippen LogP contribution in [0.15, 0.2) is 11.6 Å². The lowest BCUT2D eigenvalue weighted by molar-refractivity contribution is -0.142. The zero-order chi connectivity index (χ0) is 24.6. The summed E-state index contributed by atoms with van der Waals surface area (Å²) in [5, 5.41) is 0. The van der Waals surface area contributed by atoms with Crippen LogP contribution in [0.1, 0.15) is 163 Å². The molecule has 0 N–H and O–H groups in total. The van der Waals surface area contributed by atoms with Gasteiger partial charge in [-0.05, 0) is 44.1 Å². The lowest BCUT2D eigenvalue weighted by Crippen LogP contribution is -2.06. The van der Waals surface area contributed by atoms with E-state index in [2.05, 4.69) is 40.7 Å². The van der Waals surface area contributed by atoms with Gasteiger partial charge in [0, 0.05) is 6.42 Å². The Morgan fingerprint density at radius 2 is 1.18 bits per heavy atom. The Kier molecular flexibility index (Phi) is 23.8. The highest BCUT2D eigenvalue weighted by molar-refractivity contribution is 5.69. The summed E-state index contributed by atoms with van der Waals surface area (Å²) in [6.45, 7) is 11.8. The minimum atomic E-state index is -0.0330. The molecule has 196 valence electrons. The fraction of sp³-hybridized carbons (Fsp3) is 0.903. The van der Waals surface area contributed by atoms with E-state index in [1.807, 2.05) is 0 Å². The Balaban J connectivity index is 3.48. The second-order valence-corrected chi connectivity index (χ2v) is 11.0. The largest absolute Gasteiger partial charge is 0.461 e. The molecule has 33 heavy (non-hydrogen) atoms. The third-order valence-corrected chi connectivity index (χ3v) is 6.91. The third-order valence-electron chi connectivity index (χ3n) is 6.91. The summed E-state index contributed by atoms with van der Waals surface area (Å²) >= 11 is 0. The predicted molar refractivity (Wildman–Crippen MR) is 147 cm³/mol. The quantitative estimate of drug-likeness (QED) is 0.0806. The monoisotopic (exact) mass is 464 g/mol. The van der Waals surface area contributed by atoms with Crippen molar-refractivity contribution in [3.63, 3.8) is 0 Å². The molecule has 0 bridgehead atoms. The molecule has 0 saturated carbocycles. The van der Waals surface area contributed by atoms with Crippen LogP contribution in [0.4, 0.5) is 0 Å². The van der Waals surface area contributed by atoms with Crippen molar-refractivity contribution in [3.8, 4) is 0 Å². The van der Waals surface area contributed by atoms with E-state index in [0.29, 0.717) is 13.0 Å². The molecule has 0 rings (SSSR count). The summed E-state index contributed by atoms with van der Waals surface area (Å²) in [6, 6.07) is 0. The second kappa shape index (κ2) is 24.3. The van der Waals surface area contributed by atoms with Gasteiger partial charge in [-0.3, -0.25) is 4.79 Å². The van der Waals surface area contributed by atoms with Gasteiger partial charge in [-0.15, -0.1) is 0 Å². The molecule has 2 nitrogen and oxygen atoms in total. The number of hydrogen-bond acceptors (Lipinski definition) is 2. The average molecular weight is 465 g/mol. The standard InChI is InChI=1S/C31H60O2/c1-6-7-8-9-10-11-12-13-14-15-16-17-18-22-30(5)26-27-33-31(32)25-20-24-29(4)23-19-21-28(2)3/h26,28-29H,6-25,27H2,1-5H3. The molecule has 0 aliphatic rings. The molecule has 0 spiro atoms. The molecular weight excluding hydrogens is 404 g/mol. The minimum absolute atomic E-state index is 0.0330. The summed E-state index contributed by atoms with van der Waals surface area (Å²) in [6.07, 6.45) is 28.0. The first-order chi connectivity index (χ1) is 16.0. The molecule has 0 radical (unpaired) electrons. The smallest absolute Gasteiger partial charge is 0.306 e. The van der Waals surface area contributed by atoms with E-state index in [9.17, 15) is 4.79 Å². The summed E-state index contributed by atoms with van der Waals surface area (Å²) in [4.78, 5) is 11.9. The van der Waals surface area contributed by atoms with Crippen LogP contribution in [0.3, 0.4) is 0 Å². The van der Waals surface area contributed by atoms with Gasteiger partial charge >= 0.3 is 5.97 Å².